The lowest BCUT2D eigenvalue weighted by molar-refractivity contribution is -0.125. The summed E-state index contributed by atoms with van der Waals surface area (Å²) >= 11 is 6.33. The molecule has 0 N–H and O–H groups in total. The monoisotopic (exact) mass is 502 g/mol. The SMILES string of the molecule is CC1(C)C(=O)N(c2ccccc2)C(=S)C12N(c1ccccc1)N=C(c1ccccc1)N2c1ccccc1. The minimum atomic E-state index is -1.12. The van der Waals surface area contributed by atoms with Gasteiger partial charge in [-0.1, -0.05) is 97.1 Å². The topological polar surface area (TPSA) is 39.2 Å². The van der Waals surface area contributed by atoms with E-state index in [9.17, 15) is 4.79 Å². The number of hydrogen-bond donors (Lipinski definition) is 0. The largest absolute Gasteiger partial charge is 0.292 e. The quantitative estimate of drug-likeness (QED) is 0.300. The molecule has 0 aliphatic carbocycles. The van der Waals surface area contributed by atoms with Crippen LogP contribution >= 0.6 is 12.2 Å². The minimum absolute atomic E-state index is 0.0740. The fourth-order valence-electron chi connectivity index (χ4n) is 5.42. The Morgan fingerprint density at radius 1 is 0.649 bits per heavy atom. The molecule has 2 heterocycles. The van der Waals surface area contributed by atoms with Crippen LogP contribution in [0.5, 0.6) is 0 Å². The molecule has 1 saturated heterocycles. The van der Waals surface area contributed by atoms with Crippen molar-refractivity contribution in [3.8, 4) is 0 Å². The predicted octanol–water partition coefficient (Wildman–Crippen LogP) is 6.47. The first-order valence-corrected chi connectivity index (χ1v) is 12.7. The average molecular weight is 503 g/mol. The third-order valence-corrected chi connectivity index (χ3v) is 7.68. The summed E-state index contributed by atoms with van der Waals surface area (Å²) in [6.45, 7) is 3.94. The summed E-state index contributed by atoms with van der Waals surface area (Å²) in [6, 6.07) is 39.7. The molecule has 2 aliphatic rings. The fraction of sp³-hybridized carbons (Fsp3) is 0.129. The minimum Gasteiger partial charge on any atom is -0.292 e. The second-order valence-electron chi connectivity index (χ2n) is 9.69. The van der Waals surface area contributed by atoms with Crippen molar-refractivity contribution in [1.29, 1.82) is 0 Å². The number of amides is 1. The summed E-state index contributed by atoms with van der Waals surface area (Å²) in [6.07, 6.45) is 0. The van der Waals surface area contributed by atoms with Crippen LogP contribution in [-0.2, 0) is 4.79 Å². The van der Waals surface area contributed by atoms with Crippen molar-refractivity contribution in [3.05, 3.63) is 127 Å². The summed E-state index contributed by atoms with van der Waals surface area (Å²) < 4.78 is 0. The van der Waals surface area contributed by atoms with Gasteiger partial charge in [0.1, 0.15) is 4.99 Å². The second kappa shape index (κ2) is 8.68. The maximum Gasteiger partial charge on any atom is 0.242 e. The molecule has 0 bridgehead atoms. The molecule has 6 rings (SSSR count). The Morgan fingerprint density at radius 3 is 1.65 bits per heavy atom. The lowest BCUT2D eigenvalue weighted by Crippen LogP contribution is -2.67. The molecule has 2 aliphatic heterocycles. The molecule has 5 nitrogen and oxygen atoms in total. The van der Waals surface area contributed by atoms with Gasteiger partial charge in [-0.2, -0.15) is 5.10 Å². The van der Waals surface area contributed by atoms with Crippen LogP contribution in [-0.4, -0.2) is 22.4 Å². The van der Waals surface area contributed by atoms with Crippen molar-refractivity contribution >= 4 is 46.0 Å². The summed E-state index contributed by atoms with van der Waals surface area (Å²) in [5.74, 6) is 0.656. The van der Waals surface area contributed by atoms with Crippen molar-refractivity contribution in [1.82, 2.24) is 0 Å². The van der Waals surface area contributed by atoms with Crippen LogP contribution in [0.1, 0.15) is 19.4 Å². The Labute approximate surface area is 222 Å². The van der Waals surface area contributed by atoms with Gasteiger partial charge in [0.2, 0.25) is 11.6 Å². The summed E-state index contributed by atoms with van der Waals surface area (Å²) in [7, 11) is 0. The number of benzene rings is 4. The molecule has 0 saturated carbocycles. The maximum absolute atomic E-state index is 14.3. The molecule has 4 aromatic carbocycles. The van der Waals surface area contributed by atoms with Crippen molar-refractivity contribution in [3.63, 3.8) is 0 Å². The molecule has 4 aromatic rings. The highest BCUT2D eigenvalue weighted by Gasteiger charge is 2.72. The number of carbonyl (C=O) groups is 1. The second-order valence-corrected chi connectivity index (χ2v) is 10.1. The molecule has 0 aromatic heterocycles. The van der Waals surface area contributed by atoms with E-state index in [4.69, 9.17) is 17.3 Å². The summed E-state index contributed by atoms with van der Waals surface area (Å²) in [5, 5.41) is 7.19. The number of nitrogens with zero attached hydrogens (tertiary/aromatic N) is 4. The van der Waals surface area contributed by atoms with Gasteiger partial charge in [0.25, 0.3) is 0 Å². The Morgan fingerprint density at radius 2 is 1.11 bits per heavy atom. The fourth-order valence-corrected chi connectivity index (χ4v) is 6.04. The molecule has 6 heteroatoms. The smallest absolute Gasteiger partial charge is 0.242 e. The molecular formula is C31H26N4OS. The molecular weight excluding hydrogens is 476 g/mol. The average Bonchev–Trinajstić information content (AvgIpc) is 3.39. The van der Waals surface area contributed by atoms with Crippen LogP contribution in [0.4, 0.5) is 17.1 Å². The Balaban J connectivity index is 1.68. The number of hydrazone groups is 1. The van der Waals surface area contributed by atoms with Gasteiger partial charge in [-0.15, -0.1) is 0 Å². The van der Waals surface area contributed by atoms with Gasteiger partial charge < -0.3 is 0 Å². The van der Waals surface area contributed by atoms with E-state index in [1.807, 2.05) is 140 Å². The number of hydrogen-bond acceptors (Lipinski definition) is 5. The number of carbonyl (C=O) groups excluding carboxylic acids is 1. The van der Waals surface area contributed by atoms with Gasteiger partial charge in [0, 0.05) is 16.9 Å². The molecule has 1 spiro atoms. The normalized spacial score (nSPS) is 20.6. The Kier molecular flexibility index (Phi) is 5.42. The van der Waals surface area contributed by atoms with E-state index in [0.717, 1.165) is 28.5 Å². The molecule has 1 amide bonds. The van der Waals surface area contributed by atoms with Gasteiger partial charge in [0.15, 0.2) is 5.84 Å². The lowest BCUT2D eigenvalue weighted by atomic mass is 9.78. The van der Waals surface area contributed by atoms with Crippen LogP contribution in [0, 0.1) is 5.41 Å². The van der Waals surface area contributed by atoms with Crippen molar-refractivity contribution in [2.75, 3.05) is 14.8 Å². The van der Waals surface area contributed by atoms with E-state index < -0.39 is 11.1 Å². The number of anilines is 3. The summed E-state index contributed by atoms with van der Waals surface area (Å²) in [5.41, 5.74) is 1.34. The zero-order valence-corrected chi connectivity index (χ0v) is 21.5. The van der Waals surface area contributed by atoms with Gasteiger partial charge in [-0.3, -0.25) is 14.6 Å². The Hall–Kier alpha value is -4.29. The highest BCUT2D eigenvalue weighted by Crippen LogP contribution is 2.54. The van der Waals surface area contributed by atoms with E-state index in [0.29, 0.717) is 4.99 Å². The predicted molar refractivity (Wildman–Crippen MR) is 154 cm³/mol. The van der Waals surface area contributed by atoms with Crippen LogP contribution < -0.4 is 14.8 Å². The van der Waals surface area contributed by atoms with E-state index in [-0.39, 0.29) is 5.91 Å². The molecule has 182 valence electrons. The van der Waals surface area contributed by atoms with Gasteiger partial charge in [-0.25, -0.2) is 5.01 Å². The standard InChI is InChI=1S/C31H26N4OS/c1-30(2)28(36)33(24-17-9-4-10-18-24)29(37)31(30)34(25-19-11-5-12-20-25)27(23-15-7-3-8-16-23)32-35(31)26-21-13-6-14-22-26/h3-22H,1-2H3. The van der Waals surface area contributed by atoms with E-state index in [2.05, 4.69) is 4.90 Å². The van der Waals surface area contributed by atoms with E-state index in [1.165, 1.54) is 0 Å². The zero-order chi connectivity index (χ0) is 25.6. The van der Waals surface area contributed by atoms with Crippen molar-refractivity contribution in [2.24, 2.45) is 10.5 Å². The number of para-hydroxylation sites is 3. The third kappa shape index (κ3) is 3.26. The van der Waals surface area contributed by atoms with Gasteiger partial charge in [-0.05, 0) is 50.2 Å². The lowest BCUT2D eigenvalue weighted by Gasteiger charge is -2.47. The van der Waals surface area contributed by atoms with E-state index >= 15 is 0 Å². The number of rotatable bonds is 4. The first kappa shape index (κ1) is 23.1. The van der Waals surface area contributed by atoms with Gasteiger partial charge >= 0.3 is 0 Å². The first-order valence-electron chi connectivity index (χ1n) is 12.3. The van der Waals surface area contributed by atoms with Gasteiger partial charge in [0.05, 0.1) is 11.1 Å². The molecule has 1 atom stereocenters. The number of thiocarbonyl (C=S) groups is 1. The molecule has 1 fully saturated rings. The molecule has 0 radical (unpaired) electrons. The van der Waals surface area contributed by atoms with Crippen LogP contribution in [0.15, 0.2) is 126 Å². The maximum atomic E-state index is 14.3. The van der Waals surface area contributed by atoms with Crippen LogP contribution in [0.2, 0.25) is 0 Å². The molecule has 1 unspecified atom stereocenters. The van der Waals surface area contributed by atoms with E-state index in [1.54, 1.807) is 4.90 Å². The highest BCUT2D eigenvalue weighted by molar-refractivity contribution is 7.81. The van der Waals surface area contributed by atoms with Crippen molar-refractivity contribution in [2.45, 2.75) is 19.5 Å². The third-order valence-electron chi connectivity index (χ3n) is 7.21. The number of amidine groups is 1. The summed E-state index contributed by atoms with van der Waals surface area (Å²) in [4.78, 5) is 18.6. The van der Waals surface area contributed by atoms with Crippen LogP contribution in [0.25, 0.3) is 0 Å². The highest BCUT2D eigenvalue weighted by atomic mass is 32.1. The van der Waals surface area contributed by atoms with Crippen LogP contribution in [0.3, 0.4) is 0 Å². The zero-order valence-electron chi connectivity index (χ0n) is 20.7. The molecule has 37 heavy (non-hydrogen) atoms. The first-order chi connectivity index (χ1) is 18.0. The Bertz CT molecular complexity index is 1490. The van der Waals surface area contributed by atoms with Crippen molar-refractivity contribution < 1.29 is 4.79 Å².